The summed E-state index contributed by atoms with van der Waals surface area (Å²) >= 11 is 0. The third-order valence-corrected chi connectivity index (χ3v) is 2.07. The molecule has 0 aliphatic heterocycles. The molecule has 0 spiro atoms. The molecule has 0 amide bonds. The number of anilines is 1. The smallest absolute Gasteiger partial charge is 0.298 e. The molecule has 0 radical (unpaired) electrons. The van der Waals surface area contributed by atoms with Gasteiger partial charge in [-0.15, -0.1) is 0 Å². The summed E-state index contributed by atoms with van der Waals surface area (Å²) in [5, 5.41) is 1.74. The number of ether oxygens (including phenoxy) is 1. The molecule has 2 rings (SSSR count). The Labute approximate surface area is 81.1 Å². The maximum Gasteiger partial charge on any atom is 0.298 e. The quantitative estimate of drug-likeness (QED) is 0.577. The van der Waals surface area contributed by atoms with Gasteiger partial charge in [-0.3, -0.25) is 4.79 Å². The van der Waals surface area contributed by atoms with Crippen molar-refractivity contribution in [3.05, 3.63) is 36.4 Å². The van der Waals surface area contributed by atoms with Gasteiger partial charge >= 0.3 is 0 Å². The average molecular weight is 187 g/mol. The molecular weight excluding hydrogens is 178 g/mol. The Morgan fingerprint density at radius 2 is 1.86 bits per heavy atom. The Balaban J connectivity index is 2.77. The minimum Gasteiger partial charge on any atom is -0.428 e. The zero-order chi connectivity index (χ0) is 9.97. The van der Waals surface area contributed by atoms with Crippen molar-refractivity contribution in [2.75, 3.05) is 5.73 Å². The zero-order valence-corrected chi connectivity index (χ0v) is 7.44. The number of carbonyl (C=O) groups is 1. The second-order valence-corrected chi connectivity index (χ2v) is 2.92. The van der Waals surface area contributed by atoms with E-state index in [4.69, 9.17) is 10.5 Å². The van der Waals surface area contributed by atoms with E-state index in [0.29, 0.717) is 17.9 Å². The topological polar surface area (TPSA) is 52.3 Å². The van der Waals surface area contributed by atoms with E-state index >= 15 is 0 Å². The van der Waals surface area contributed by atoms with Crippen LogP contribution in [0.5, 0.6) is 5.75 Å². The second-order valence-electron chi connectivity index (χ2n) is 2.92. The predicted octanol–water partition coefficient (Wildman–Crippen LogP) is 1.96. The minimum atomic E-state index is 0.404. The van der Waals surface area contributed by atoms with Crippen LogP contribution in [-0.4, -0.2) is 6.47 Å². The lowest BCUT2D eigenvalue weighted by molar-refractivity contribution is -0.120. The van der Waals surface area contributed by atoms with Gasteiger partial charge < -0.3 is 10.5 Å². The van der Waals surface area contributed by atoms with Gasteiger partial charge in [0.05, 0.1) is 0 Å². The summed E-state index contributed by atoms with van der Waals surface area (Å²) in [7, 11) is 0. The summed E-state index contributed by atoms with van der Waals surface area (Å²) in [5.41, 5.74) is 6.40. The van der Waals surface area contributed by atoms with Gasteiger partial charge in [0.1, 0.15) is 5.75 Å². The average Bonchev–Trinajstić information content (AvgIpc) is 2.19. The number of hydrogen-bond donors (Lipinski definition) is 1. The van der Waals surface area contributed by atoms with Gasteiger partial charge in [0.2, 0.25) is 0 Å². The molecule has 0 atom stereocenters. The summed E-state index contributed by atoms with van der Waals surface area (Å²) in [6, 6.07) is 11.0. The number of rotatable bonds is 2. The maximum atomic E-state index is 10.3. The standard InChI is InChI=1S/C11H9NO2/c12-9-5-1-3-8-4-2-6-10(11(8)9)14-7-13/h1-7H,12H2. The fourth-order valence-electron chi connectivity index (χ4n) is 1.48. The van der Waals surface area contributed by atoms with Crippen LogP contribution in [0.1, 0.15) is 0 Å². The van der Waals surface area contributed by atoms with Crippen LogP contribution in [0.4, 0.5) is 5.69 Å². The van der Waals surface area contributed by atoms with Gasteiger partial charge in [0, 0.05) is 11.1 Å². The first kappa shape index (κ1) is 8.56. The van der Waals surface area contributed by atoms with Crippen molar-refractivity contribution in [3.63, 3.8) is 0 Å². The van der Waals surface area contributed by atoms with Crippen molar-refractivity contribution in [1.29, 1.82) is 0 Å². The van der Waals surface area contributed by atoms with E-state index < -0.39 is 0 Å². The minimum absolute atomic E-state index is 0.404. The van der Waals surface area contributed by atoms with Crippen LogP contribution in [0, 0.1) is 0 Å². The van der Waals surface area contributed by atoms with Crippen LogP contribution in [0.3, 0.4) is 0 Å². The van der Waals surface area contributed by atoms with E-state index in [1.807, 2.05) is 24.3 Å². The monoisotopic (exact) mass is 187 g/mol. The number of fused-ring (bicyclic) bond motifs is 1. The van der Waals surface area contributed by atoms with Crippen molar-refractivity contribution >= 4 is 22.9 Å². The lowest BCUT2D eigenvalue weighted by atomic mass is 10.1. The largest absolute Gasteiger partial charge is 0.428 e. The second kappa shape index (κ2) is 3.38. The van der Waals surface area contributed by atoms with Crippen LogP contribution >= 0.6 is 0 Å². The van der Waals surface area contributed by atoms with E-state index in [1.165, 1.54) is 0 Å². The number of nitrogens with two attached hydrogens (primary N) is 1. The molecule has 0 unspecified atom stereocenters. The Bertz CT molecular complexity index is 474. The highest BCUT2D eigenvalue weighted by Gasteiger charge is 2.03. The van der Waals surface area contributed by atoms with Gasteiger partial charge in [0.15, 0.2) is 0 Å². The van der Waals surface area contributed by atoms with Gasteiger partial charge in [-0.1, -0.05) is 24.3 Å². The molecule has 0 aliphatic carbocycles. The lowest BCUT2D eigenvalue weighted by Crippen LogP contribution is -1.93. The molecule has 2 N–H and O–H groups in total. The highest BCUT2D eigenvalue weighted by molar-refractivity contribution is 5.98. The van der Waals surface area contributed by atoms with E-state index in [1.54, 1.807) is 12.1 Å². The summed E-state index contributed by atoms with van der Waals surface area (Å²) in [6.07, 6.45) is 0. The molecule has 2 aromatic carbocycles. The first-order chi connectivity index (χ1) is 6.83. The molecule has 0 saturated carbocycles. The van der Waals surface area contributed by atoms with E-state index in [-0.39, 0.29) is 0 Å². The Kier molecular flexibility index (Phi) is 2.07. The van der Waals surface area contributed by atoms with Crippen LogP contribution in [-0.2, 0) is 4.79 Å². The van der Waals surface area contributed by atoms with Crippen LogP contribution in [0.25, 0.3) is 10.8 Å². The van der Waals surface area contributed by atoms with Crippen molar-refractivity contribution in [2.45, 2.75) is 0 Å². The van der Waals surface area contributed by atoms with E-state index in [0.717, 1.165) is 10.8 Å². The highest BCUT2D eigenvalue weighted by Crippen LogP contribution is 2.29. The molecule has 0 aromatic heterocycles. The van der Waals surface area contributed by atoms with Crippen molar-refractivity contribution < 1.29 is 9.53 Å². The summed E-state index contributed by atoms with van der Waals surface area (Å²) in [4.78, 5) is 10.3. The van der Waals surface area contributed by atoms with Crippen molar-refractivity contribution in [1.82, 2.24) is 0 Å². The van der Waals surface area contributed by atoms with Crippen molar-refractivity contribution in [3.8, 4) is 5.75 Å². The molecule has 0 saturated heterocycles. The third-order valence-electron chi connectivity index (χ3n) is 2.07. The summed E-state index contributed by atoms with van der Waals surface area (Å²) < 4.78 is 4.84. The molecule has 0 aliphatic rings. The molecule has 3 heteroatoms. The van der Waals surface area contributed by atoms with Crippen LogP contribution in [0.15, 0.2) is 36.4 Å². The maximum absolute atomic E-state index is 10.3. The Morgan fingerprint density at radius 3 is 2.57 bits per heavy atom. The highest BCUT2D eigenvalue weighted by atomic mass is 16.5. The molecule has 0 heterocycles. The first-order valence-electron chi connectivity index (χ1n) is 4.20. The van der Waals surface area contributed by atoms with Gasteiger partial charge in [-0.25, -0.2) is 0 Å². The number of hydrogen-bond acceptors (Lipinski definition) is 3. The van der Waals surface area contributed by atoms with Gasteiger partial charge in [-0.2, -0.15) is 0 Å². The number of benzene rings is 2. The lowest BCUT2D eigenvalue weighted by Gasteiger charge is -2.05. The van der Waals surface area contributed by atoms with Crippen LogP contribution in [0.2, 0.25) is 0 Å². The third kappa shape index (κ3) is 1.29. The Morgan fingerprint density at radius 1 is 1.14 bits per heavy atom. The van der Waals surface area contributed by atoms with Crippen LogP contribution < -0.4 is 10.5 Å². The summed E-state index contributed by atoms with van der Waals surface area (Å²) in [5.74, 6) is 0.496. The van der Waals surface area contributed by atoms with E-state index in [2.05, 4.69) is 0 Å². The van der Waals surface area contributed by atoms with Crippen molar-refractivity contribution in [2.24, 2.45) is 0 Å². The molecule has 0 bridgehead atoms. The first-order valence-corrected chi connectivity index (χ1v) is 4.20. The number of carbonyl (C=O) groups excluding carboxylic acids is 1. The number of nitrogen functional groups attached to an aromatic ring is 1. The molecule has 14 heavy (non-hydrogen) atoms. The molecule has 3 nitrogen and oxygen atoms in total. The zero-order valence-electron chi connectivity index (χ0n) is 7.44. The molecule has 2 aromatic rings. The summed E-state index contributed by atoms with van der Waals surface area (Å²) in [6.45, 7) is 0.404. The predicted molar refractivity (Wildman–Crippen MR) is 55.1 cm³/mol. The molecular formula is C11H9NO2. The molecule has 0 fully saturated rings. The fourth-order valence-corrected chi connectivity index (χ4v) is 1.48. The fraction of sp³-hybridized carbons (Fsp3) is 0. The normalized spacial score (nSPS) is 10.0. The molecule has 70 valence electrons. The SMILES string of the molecule is Nc1cccc2cccc(OC=O)c12. The Hall–Kier alpha value is -2.03. The van der Waals surface area contributed by atoms with Gasteiger partial charge in [0.25, 0.3) is 6.47 Å². The van der Waals surface area contributed by atoms with Gasteiger partial charge in [-0.05, 0) is 17.5 Å². The van der Waals surface area contributed by atoms with E-state index in [9.17, 15) is 4.79 Å².